The highest BCUT2D eigenvalue weighted by atomic mass is 32.2. The van der Waals surface area contributed by atoms with Crippen molar-refractivity contribution in [3.63, 3.8) is 0 Å². The molecule has 0 spiro atoms. The van der Waals surface area contributed by atoms with Crippen LogP contribution < -0.4 is 5.32 Å². The molecule has 1 aromatic carbocycles. The predicted molar refractivity (Wildman–Crippen MR) is 75.1 cm³/mol. The highest BCUT2D eigenvalue weighted by Crippen LogP contribution is 2.34. The van der Waals surface area contributed by atoms with Crippen molar-refractivity contribution in [1.29, 1.82) is 0 Å². The van der Waals surface area contributed by atoms with E-state index >= 15 is 0 Å². The van der Waals surface area contributed by atoms with Gasteiger partial charge in [0.2, 0.25) is 5.91 Å². The molecule has 5 nitrogen and oxygen atoms in total. The second-order valence-corrected chi connectivity index (χ2v) is 6.01. The number of benzene rings is 1. The number of aromatic nitrogens is 3. The van der Waals surface area contributed by atoms with E-state index in [0.717, 1.165) is 28.8 Å². The van der Waals surface area contributed by atoms with Gasteiger partial charge in [-0.3, -0.25) is 4.79 Å². The third-order valence-electron chi connectivity index (χ3n) is 2.90. The monoisotopic (exact) mass is 274 g/mol. The molecule has 0 aliphatic carbocycles. The maximum atomic E-state index is 11.1. The molecular formula is C13H14N4OS. The van der Waals surface area contributed by atoms with Gasteiger partial charge in [-0.25, -0.2) is 0 Å². The second kappa shape index (κ2) is 4.70. The van der Waals surface area contributed by atoms with Gasteiger partial charge >= 0.3 is 0 Å². The number of carbonyl (C=O) groups excluding carboxylic acids is 1. The smallest absolute Gasteiger partial charge is 0.221 e. The largest absolute Gasteiger partial charge is 0.326 e. The van der Waals surface area contributed by atoms with Crippen molar-refractivity contribution >= 4 is 23.4 Å². The summed E-state index contributed by atoms with van der Waals surface area (Å²) in [5.41, 5.74) is 1.75. The molecule has 0 bridgehead atoms. The molecule has 0 radical (unpaired) electrons. The molecule has 6 heteroatoms. The number of anilines is 1. The number of nitrogens with one attached hydrogen (secondary N) is 1. The molecule has 1 unspecified atom stereocenters. The van der Waals surface area contributed by atoms with Gasteiger partial charge in [-0.2, -0.15) is 0 Å². The van der Waals surface area contributed by atoms with Gasteiger partial charge in [-0.05, 0) is 12.1 Å². The van der Waals surface area contributed by atoms with E-state index in [9.17, 15) is 4.79 Å². The Morgan fingerprint density at radius 2 is 2.32 bits per heavy atom. The molecule has 2 aromatic rings. The Balaban J connectivity index is 1.97. The number of hydrogen-bond donors (Lipinski definition) is 1. The average Bonchev–Trinajstić information content (AvgIpc) is 2.87. The van der Waals surface area contributed by atoms with Gasteiger partial charge in [0.15, 0.2) is 11.0 Å². The lowest BCUT2D eigenvalue weighted by Crippen LogP contribution is -2.06. The fourth-order valence-corrected chi connectivity index (χ4v) is 3.13. The van der Waals surface area contributed by atoms with Crippen LogP contribution in [0, 0.1) is 0 Å². The highest BCUT2D eigenvalue weighted by Gasteiger charge is 2.24. The third-order valence-corrected chi connectivity index (χ3v) is 3.97. The van der Waals surface area contributed by atoms with E-state index in [2.05, 4.69) is 27.0 Å². The topological polar surface area (TPSA) is 59.8 Å². The Morgan fingerprint density at radius 3 is 3.11 bits per heavy atom. The van der Waals surface area contributed by atoms with Crippen LogP contribution >= 0.6 is 11.8 Å². The van der Waals surface area contributed by atoms with Gasteiger partial charge in [0.05, 0.1) is 0 Å². The van der Waals surface area contributed by atoms with Crippen molar-refractivity contribution in [2.24, 2.45) is 0 Å². The van der Waals surface area contributed by atoms with Crippen LogP contribution in [0.4, 0.5) is 5.69 Å². The lowest BCUT2D eigenvalue weighted by Gasteiger charge is -2.06. The van der Waals surface area contributed by atoms with E-state index in [1.165, 1.54) is 6.92 Å². The summed E-state index contributed by atoms with van der Waals surface area (Å²) in [6.07, 6.45) is 0. The molecule has 1 aromatic heterocycles. The zero-order valence-corrected chi connectivity index (χ0v) is 11.6. The van der Waals surface area contributed by atoms with E-state index in [0.29, 0.717) is 5.25 Å². The maximum Gasteiger partial charge on any atom is 0.221 e. The molecule has 1 amide bonds. The van der Waals surface area contributed by atoms with E-state index < -0.39 is 0 Å². The summed E-state index contributed by atoms with van der Waals surface area (Å²) in [6, 6.07) is 7.68. The van der Waals surface area contributed by atoms with Gasteiger partial charge in [0.1, 0.15) is 0 Å². The lowest BCUT2D eigenvalue weighted by atomic mass is 10.2. The van der Waals surface area contributed by atoms with Gasteiger partial charge in [0, 0.05) is 30.0 Å². The van der Waals surface area contributed by atoms with Crippen LogP contribution in [0.5, 0.6) is 0 Å². The fourth-order valence-electron chi connectivity index (χ4n) is 2.17. The first kappa shape index (κ1) is 12.2. The summed E-state index contributed by atoms with van der Waals surface area (Å²) in [4.78, 5) is 11.1. The van der Waals surface area contributed by atoms with Crippen LogP contribution in [-0.4, -0.2) is 25.9 Å². The van der Waals surface area contributed by atoms with E-state index in [-0.39, 0.29) is 5.91 Å². The van der Waals surface area contributed by atoms with Crippen molar-refractivity contribution < 1.29 is 4.79 Å². The first-order valence-electron chi connectivity index (χ1n) is 6.11. The van der Waals surface area contributed by atoms with Crippen molar-refractivity contribution in [2.75, 3.05) is 5.32 Å². The van der Waals surface area contributed by atoms with Gasteiger partial charge in [-0.15, -0.1) is 10.2 Å². The first-order valence-corrected chi connectivity index (χ1v) is 6.99. The van der Waals surface area contributed by atoms with E-state index in [4.69, 9.17) is 0 Å². The normalized spacial score (nSPS) is 17.3. The minimum absolute atomic E-state index is 0.0761. The van der Waals surface area contributed by atoms with Gasteiger partial charge < -0.3 is 9.88 Å². The zero-order chi connectivity index (χ0) is 13.4. The standard InChI is InChI=1S/C13H14N4OS/c1-8-7-17-12(15-16-13(17)19-8)10-4-3-5-11(6-10)14-9(2)18/h3-6,8H,7H2,1-2H3,(H,14,18). The average molecular weight is 274 g/mol. The third kappa shape index (κ3) is 2.35. The molecule has 19 heavy (non-hydrogen) atoms. The van der Waals surface area contributed by atoms with Crippen molar-refractivity contribution in [3.05, 3.63) is 24.3 Å². The Kier molecular flexibility index (Phi) is 3.02. The number of carbonyl (C=O) groups is 1. The van der Waals surface area contributed by atoms with Crippen LogP contribution in [-0.2, 0) is 11.3 Å². The number of nitrogens with zero attached hydrogens (tertiary/aromatic N) is 3. The molecule has 1 N–H and O–H groups in total. The summed E-state index contributed by atoms with van der Waals surface area (Å²) in [5.74, 6) is 0.784. The first-order chi connectivity index (χ1) is 9.13. The van der Waals surface area contributed by atoms with Crippen LogP contribution in [0.2, 0.25) is 0 Å². The number of hydrogen-bond acceptors (Lipinski definition) is 4. The summed E-state index contributed by atoms with van der Waals surface area (Å²) in [6.45, 7) is 4.60. The van der Waals surface area contributed by atoms with Crippen LogP contribution in [0.15, 0.2) is 29.4 Å². The molecule has 1 aliphatic heterocycles. The molecule has 2 heterocycles. The Labute approximate surface area is 115 Å². The quantitative estimate of drug-likeness (QED) is 0.913. The molecule has 0 saturated heterocycles. The van der Waals surface area contributed by atoms with Crippen molar-refractivity contribution in [3.8, 4) is 11.4 Å². The summed E-state index contributed by atoms with van der Waals surface area (Å²) >= 11 is 1.74. The fraction of sp³-hybridized carbons (Fsp3) is 0.308. The number of thioether (sulfide) groups is 1. The summed E-state index contributed by atoms with van der Waals surface area (Å²) in [5, 5.41) is 12.7. The number of rotatable bonds is 2. The van der Waals surface area contributed by atoms with E-state index in [1.54, 1.807) is 11.8 Å². The van der Waals surface area contributed by atoms with Crippen molar-refractivity contribution in [1.82, 2.24) is 14.8 Å². The minimum Gasteiger partial charge on any atom is -0.326 e. The number of fused-ring (bicyclic) bond motifs is 1. The molecule has 0 fully saturated rings. The van der Waals surface area contributed by atoms with Crippen molar-refractivity contribution in [2.45, 2.75) is 30.8 Å². The lowest BCUT2D eigenvalue weighted by molar-refractivity contribution is -0.114. The SMILES string of the molecule is CC(=O)Nc1cccc(-c2nnc3n2CC(C)S3)c1. The van der Waals surface area contributed by atoms with Crippen LogP contribution in [0.25, 0.3) is 11.4 Å². The number of amides is 1. The molecule has 3 rings (SSSR count). The van der Waals surface area contributed by atoms with Crippen LogP contribution in [0.1, 0.15) is 13.8 Å². The Bertz CT molecular complexity index is 637. The maximum absolute atomic E-state index is 11.1. The molecule has 1 aliphatic rings. The second-order valence-electron chi connectivity index (χ2n) is 4.61. The summed E-state index contributed by atoms with van der Waals surface area (Å²) in [7, 11) is 0. The van der Waals surface area contributed by atoms with Gasteiger partial charge in [0.25, 0.3) is 0 Å². The summed E-state index contributed by atoms with van der Waals surface area (Å²) < 4.78 is 2.13. The van der Waals surface area contributed by atoms with Crippen LogP contribution in [0.3, 0.4) is 0 Å². The Morgan fingerprint density at radius 1 is 1.47 bits per heavy atom. The Hall–Kier alpha value is -1.82. The zero-order valence-electron chi connectivity index (χ0n) is 10.8. The predicted octanol–water partition coefficient (Wildman–Crippen LogP) is 2.40. The molecule has 1 atom stereocenters. The van der Waals surface area contributed by atoms with Gasteiger partial charge in [-0.1, -0.05) is 30.8 Å². The molecular weight excluding hydrogens is 260 g/mol. The highest BCUT2D eigenvalue weighted by molar-refractivity contribution is 7.99. The van der Waals surface area contributed by atoms with E-state index in [1.807, 2.05) is 24.3 Å². The minimum atomic E-state index is -0.0761. The molecule has 0 saturated carbocycles. The molecule has 98 valence electrons.